The van der Waals surface area contributed by atoms with Gasteiger partial charge in [-0.2, -0.15) is 4.31 Å². The van der Waals surface area contributed by atoms with Gasteiger partial charge in [0.2, 0.25) is 10.0 Å². The lowest BCUT2D eigenvalue weighted by Crippen LogP contribution is -2.40. The molecule has 2 aromatic carbocycles. The highest BCUT2D eigenvalue weighted by Gasteiger charge is 2.27. The van der Waals surface area contributed by atoms with Crippen LogP contribution in [0.15, 0.2) is 70.0 Å². The summed E-state index contributed by atoms with van der Waals surface area (Å²) in [6.45, 7) is 3.54. The molecule has 1 aliphatic heterocycles. The number of furan rings is 1. The molecule has 1 N–H and O–H groups in total. The Kier molecular flexibility index (Phi) is 7.51. The predicted molar refractivity (Wildman–Crippen MR) is 125 cm³/mol. The van der Waals surface area contributed by atoms with E-state index in [4.69, 9.17) is 18.6 Å². The van der Waals surface area contributed by atoms with Crippen LogP contribution >= 0.6 is 0 Å². The van der Waals surface area contributed by atoms with E-state index < -0.39 is 15.9 Å². The summed E-state index contributed by atoms with van der Waals surface area (Å²) in [6, 6.07) is 16.8. The van der Waals surface area contributed by atoms with Crippen molar-refractivity contribution in [1.29, 1.82) is 0 Å². The normalized spacial score (nSPS) is 14.5. The summed E-state index contributed by atoms with van der Waals surface area (Å²) in [5.74, 6) is 1.05. The summed E-state index contributed by atoms with van der Waals surface area (Å²) in [5, 5.41) is 2.71. The first-order chi connectivity index (χ1) is 16.5. The molecule has 0 aliphatic carbocycles. The van der Waals surface area contributed by atoms with Crippen molar-refractivity contribution >= 4 is 21.6 Å². The Hall–Kier alpha value is -3.34. The topological polar surface area (TPSA) is 107 Å². The van der Waals surface area contributed by atoms with Crippen LogP contribution in [-0.2, 0) is 21.4 Å². The average Bonchev–Trinajstić information content (AvgIpc) is 3.34. The fourth-order valence-electron chi connectivity index (χ4n) is 3.42. The van der Waals surface area contributed by atoms with E-state index in [9.17, 15) is 13.2 Å². The molecule has 1 aromatic heterocycles. The van der Waals surface area contributed by atoms with Gasteiger partial charge in [-0.15, -0.1) is 0 Å². The van der Waals surface area contributed by atoms with Crippen molar-refractivity contribution in [2.45, 2.75) is 18.4 Å². The van der Waals surface area contributed by atoms with E-state index in [0.717, 1.165) is 0 Å². The van der Waals surface area contributed by atoms with Crippen molar-refractivity contribution in [3.05, 3.63) is 72.2 Å². The lowest BCUT2D eigenvalue weighted by molar-refractivity contribution is 0.0730. The summed E-state index contributed by atoms with van der Waals surface area (Å²) in [6.07, 6.45) is 0. The molecule has 1 fully saturated rings. The molecule has 0 unspecified atom stereocenters. The van der Waals surface area contributed by atoms with Crippen LogP contribution in [0.4, 0.5) is 5.69 Å². The first kappa shape index (κ1) is 23.8. The number of morpholine rings is 1. The molecule has 0 saturated carbocycles. The number of anilines is 1. The van der Waals surface area contributed by atoms with Gasteiger partial charge < -0.3 is 23.9 Å². The standard InChI is InChI=1S/C24H26N2O7S/c1-2-31-22-11-9-20(34(28,29)26-12-14-30-15-13-26)16-21(22)25-24(27)23-10-8-19(33-23)17-32-18-6-4-3-5-7-18/h3-11,16H,2,12-15,17H2,1H3,(H,25,27). The molecule has 9 nitrogen and oxygen atoms in total. The van der Waals surface area contributed by atoms with Gasteiger partial charge in [-0.3, -0.25) is 4.79 Å². The molecule has 1 amide bonds. The molecule has 180 valence electrons. The van der Waals surface area contributed by atoms with E-state index in [1.54, 1.807) is 13.0 Å². The molecule has 0 radical (unpaired) electrons. The number of ether oxygens (including phenoxy) is 3. The summed E-state index contributed by atoms with van der Waals surface area (Å²) < 4.78 is 49.5. The predicted octanol–water partition coefficient (Wildman–Crippen LogP) is 3.53. The minimum Gasteiger partial charge on any atom is -0.492 e. The van der Waals surface area contributed by atoms with Crippen LogP contribution in [0.3, 0.4) is 0 Å². The van der Waals surface area contributed by atoms with E-state index in [1.807, 2.05) is 30.3 Å². The molecule has 10 heteroatoms. The third-order valence-electron chi connectivity index (χ3n) is 5.12. The van der Waals surface area contributed by atoms with Crippen LogP contribution in [0.25, 0.3) is 0 Å². The molecule has 0 spiro atoms. The zero-order valence-electron chi connectivity index (χ0n) is 18.7. The first-order valence-corrected chi connectivity index (χ1v) is 12.3. The quantitative estimate of drug-likeness (QED) is 0.493. The Morgan fingerprint density at radius 2 is 1.79 bits per heavy atom. The van der Waals surface area contributed by atoms with Gasteiger partial charge >= 0.3 is 0 Å². The van der Waals surface area contributed by atoms with Crippen LogP contribution < -0.4 is 14.8 Å². The van der Waals surface area contributed by atoms with E-state index in [0.29, 0.717) is 37.1 Å². The second kappa shape index (κ2) is 10.7. The molecular weight excluding hydrogens is 460 g/mol. The minimum atomic E-state index is -3.74. The molecule has 3 aromatic rings. The highest BCUT2D eigenvalue weighted by Crippen LogP contribution is 2.30. The van der Waals surface area contributed by atoms with Gasteiger partial charge in [-0.05, 0) is 49.4 Å². The van der Waals surface area contributed by atoms with Crippen LogP contribution in [0, 0.1) is 0 Å². The third kappa shape index (κ3) is 5.58. The van der Waals surface area contributed by atoms with Crippen LogP contribution in [-0.4, -0.2) is 51.5 Å². The Balaban J connectivity index is 1.50. The van der Waals surface area contributed by atoms with Crippen LogP contribution in [0.5, 0.6) is 11.5 Å². The van der Waals surface area contributed by atoms with Gasteiger partial charge in [0, 0.05) is 13.1 Å². The monoisotopic (exact) mass is 486 g/mol. The lowest BCUT2D eigenvalue weighted by Gasteiger charge is -2.26. The Bertz CT molecular complexity index is 1220. The second-order valence-corrected chi connectivity index (χ2v) is 9.37. The molecule has 4 rings (SSSR count). The van der Waals surface area contributed by atoms with Gasteiger partial charge in [-0.1, -0.05) is 18.2 Å². The number of rotatable bonds is 9. The highest BCUT2D eigenvalue weighted by molar-refractivity contribution is 7.89. The summed E-state index contributed by atoms with van der Waals surface area (Å²) in [4.78, 5) is 12.9. The molecule has 1 saturated heterocycles. The summed E-state index contributed by atoms with van der Waals surface area (Å²) in [5.41, 5.74) is 0.236. The van der Waals surface area contributed by atoms with Crippen molar-refractivity contribution in [1.82, 2.24) is 4.31 Å². The Labute approximate surface area is 198 Å². The first-order valence-electron chi connectivity index (χ1n) is 10.9. The molecular formula is C24H26N2O7S. The summed E-state index contributed by atoms with van der Waals surface area (Å²) >= 11 is 0. The molecule has 2 heterocycles. The van der Waals surface area contributed by atoms with Crippen molar-refractivity contribution in [2.75, 3.05) is 38.2 Å². The summed E-state index contributed by atoms with van der Waals surface area (Å²) in [7, 11) is -3.74. The zero-order chi connectivity index (χ0) is 24.0. The third-order valence-corrected chi connectivity index (χ3v) is 7.01. The fourth-order valence-corrected chi connectivity index (χ4v) is 4.85. The minimum absolute atomic E-state index is 0.0598. The zero-order valence-corrected chi connectivity index (χ0v) is 19.5. The SMILES string of the molecule is CCOc1ccc(S(=O)(=O)N2CCOCC2)cc1NC(=O)c1ccc(COc2ccccc2)o1. The number of hydrogen-bond acceptors (Lipinski definition) is 7. The van der Waals surface area contributed by atoms with Gasteiger partial charge in [0.05, 0.1) is 30.4 Å². The number of nitrogens with one attached hydrogen (secondary N) is 1. The highest BCUT2D eigenvalue weighted by atomic mass is 32.2. The Morgan fingerprint density at radius 1 is 1.03 bits per heavy atom. The number of amides is 1. The number of nitrogens with zero attached hydrogens (tertiary/aromatic N) is 1. The second-order valence-electron chi connectivity index (χ2n) is 7.43. The maximum absolute atomic E-state index is 13.0. The van der Waals surface area contributed by atoms with E-state index in [-0.39, 0.29) is 36.0 Å². The molecule has 34 heavy (non-hydrogen) atoms. The largest absolute Gasteiger partial charge is 0.492 e. The number of hydrogen-bond donors (Lipinski definition) is 1. The van der Waals surface area contributed by atoms with Gasteiger partial charge in [0.25, 0.3) is 5.91 Å². The van der Waals surface area contributed by atoms with Gasteiger partial charge in [-0.25, -0.2) is 8.42 Å². The van der Waals surface area contributed by atoms with Gasteiger partial charge in [0.1, 0.15) is 23.9 Å². The van der Waals surface area contributed by atoms with Crippen molar-refractivity contribution in [3.8, 4) is 11.5 Å². The maximum Gasteiger partial charge on any atom is 0.291 e. The molecule has 0 bridgehead atoms. The molecule has 1 aliphatic rings. The van der Waals surface area contributed by atoms with E-state index in [2.05, 4.69) is 5.32 Å². The lowest BCUT2D eigenvalue weighted by atomic mass is 10.2. The van der Waals surface area contributed by atoms with Crippen LogP contribution in [0.1, 0.15) is 23.2 Å². The smallest absolute Gasteiger partial charge is 0.291 e. The number of carbonyl (C=O) groups is 1. The van der Waals surface area contributed by atoms with E-state index in [1.165, 1.54) is 28.6 Å². The van der Waals surface area contributed by atoms with Crippen LogP contribution in [0.2, 0.25) is 0 Å². The van der Waals surface area contributed by atoms with Crippen molar-refractivity contribution < 1.29 is 31.8 Å². The van der Waals surface area contributed by atoms with E-state index >= 15 is 0 Å². The maximum atomic E-state index is 13.0. The van der Waals surface area contributed by atoms with Gasteiger partial charge in [0.15, 0.2) is 5.76 Å². The van der Waals surface area contributed by atoms with Crippen molar-refractivity contribution in [3.63, 3.8) is 0 Å². The number of para-hydroxylation sites is 1. The number of sulfonamides is 1. The fraction of sp³-hybridized carbons (Fsp3) is 0.292. The number of carbonyl (C=O) groups excluding carboxylic acids is 1. The number of benzene rings is 2. The molecule has 0 atom stereocenters. The van der Waals surface area contributed by atoms with Crippen molar-refractivity contribution in [2.24, 2.45) is 0 Å². The average molecular weight is 487 g/mol. The Morgan fingerprint density at radius 3 is 2.53 bits per heavy atom.